The molecule has 0 fully saturated rings. The third-order valence-electron chi connectivity index (χ3n) is 4.27. The van der Waals surface area contributed by atoms with Gasteiger partial charge in [-0.3, -0.25) is 0 Å². The lowest BCUT2D eigenvalue weighted by molar-refractivity contribution is 0.453. The van der Waals surface area contributed by atoms with Crippen molar-refractivity contribution in [2.75, 3.05) is 0 Å². The van der Waals surface area contributed by atoms with Crippen molar-refractivity contribution in [3.8, 4) is 17.7 Å². The van der Waals surface area contributed by atoms with Crippen molar-refractivity contribution >= 4 is 11.8 Å². The second-order valence-electron chi connectivity index (χ2n) is 6.76. The number of nitrogens with zero attached hydrogens (tertiary/aromatic N) is 3. The molecule has 0 aliphatic carbocycles. The molecule has 3 rings (SSSR count). The molecule has 0 radical (unpaired) electrons. The molecule has 0 saturated heterocycles. The molecule has 0 saturated carbocycles. The Bertz CT molecular complexity index is 995. The van der Waals surface area contributed by atoms with E-state index in [9.17, 15) is 0 Å². The number of aryl methyl sites for hydroxylation is 1. The van der Waals surface area contributed by atoms with Crippen LogP contribution in [0.3, 0.4) is 0 Å². The molecule has 2 aromatic carbocycles. The van der Waals surface area contributed by atoms with Crippen LogP contribution in [0.2, 0.25) is 0 Å². The fourth-order valence-electron chi connectivity index (χ4n) is 2.68. The highest BCUT2D eigenvalue weighted by atomic mass is 32.2. The largest absolute Gasteiger partial charge is 0.439 e. The molecule has 0 aliphatic rings. The predicted octanol–water partition coefficient (Wildman–Crippen LogP) is 6.12. The van der Waals surface area contributed by atoms with E-state index in [0.29, 0.717) is 28.3 Å². The summed E-state index contributed by atoms with van der Waals surface area (Å²) in [5, 5.41) is 9.73. The summed E-state index contributed by atoms with van der Waals surface area (Å²) in [5.74, 6) is 2.48. The summed E-state index contributed by atoms with van der Waals surface area (Å²) in [4.78, 5) is 9.18. The van der Waals surface area contributed by atoms with E-state index in [2.05, 4.69) is 48.9 Å². The van der Waals surface area contributed by atoms with Crippen LogP contribution in [0.1, 0.15) is 49.1 Å². The van der Waals surface area contributed by atoms with E-state index >= 15 is 0 Å². The number of rotatable bonds is 7. The SMILES string of the molecule is CCc1cc(Oc2cccc(C(C)C)c2)nc(SCc2cccc(C#N)c2)n1. The van der Waals surface area contributed by atoms with Gasteiger partial charge in [0.2, 0.25) is 5.88 Å². The highest BCUT2D eigenvalue weighted by Gasteiger charge is 2.09. The van der Waals surface area contributed by atoms with Gasteiger partial charge in [0.1, 0.15) is 5.75 Å². The molecule has 5 heteroatoms. The summed E-state index contributed by atoms with van der Waals surface area (Å²) in [6, 6.07) is 19.8. The average molecular weight is 390 g/mol. The minimum Gasteiger partial charge on any atom is -0.439 e. The molecule has 28 heavy (non-hydrogen) atoms. The van der Waals surface area contributed by atoms with Crippen molar-refractivity contribution in [2.45, 2.75) is 44.0 Å². The van der Waals surface area contributed by atoms with Gasteiger partial charge in [0.25, 0.3) is 0 Å². The highest BCUT2D eigenvalue weighted by molar-refractivity contribution is 7.98. The summed E-state index contributed by atoms with van der Waals surface area (Å²) in [6.07, 6.45) is 0.808. The zero-order chi connectivity index (χ0) is 19.9. The highest BCUT2D eigenvalue weighted by Crippen LogP contribution is 2.27. The van der Waals surface area contributed by atoms with E-state index in [-0.39, 0.29) is 0 Å². The van der Waals surface area contributed by atoms with E-state index in [4.69, 9.17) is 10.00 Å². The van der Waals surface area contributed by atoms with Crippen molar-refractivity contribution in [1.29, 1.82) is 5.26 Å². The zero-order valence-corrected chi connectivity index (χ0v) is 17.2. The van der Waals surface area contributed by atoms with Gasteiger partial charge in [0.05, 0.1) is 11.6 Å². The normalized spacial score (nSPS) is 10.7. The van der Waals surface area contributed by atoms with E-state index < -0.39 is 0 Å². The van der Waals surface area contributed by atoms with Crippen molar-refractivity contribution in [2.24, 2.45) is 0 Å². The average Bonchev–Trinajstić information content (AvgIpc) is 2.72. The number of aromatic nitrogens is 2. The molecule has 0 spiro atoms. The molecule has 142 valence electrons. The van der Waals surface area contributed by atoms with Gasteiger partial charge in [-0.05, 0) is 47.7 Å². The van der Waals surface area contributed by atoms with Gasteiger partial charge in [-0.25, -0.2) is 4.98 Å². The molecule has 0 aliphatic heterocycles. The van der Waals surface area contributed by atoms with Crippen LogP contribution in [-0.4, -0.2) is 9.97 Å². The maximum atomic E-state index is 9.05. The maximum Gasteiger partial charge on any atom is 0.223 e. The van der Waals surface area contributed by atoms with Gasteiger partial charge in [0, 0.05) is 17.5 Å². The molecule has 1 heterocycles. The van der Waals surface area contributed by atoms with Gasteiger partial charge >= 0.3 is 0 Å². The molecular weight excluding hydrogens is 366 g/mol. The second-order valence-corrected chi connectivity index (χ2v) is 7.71. The molecule has 0 bridgehead atoms. The van der Waals surface area contributed by atoms with E-state index in [1.165, 1.54) is 5.56 Å². The minimum atomic E-state index is 0.440. The Balaban J connectivity index is 1.78. The quantitative estimate of drug-likeness (QED) is 0.360. The Morgan fingerprint density at radius 2 is 1.89 bits per heavy atom. The van der Waals surface area contributed by atoms with Crippen LogP contribution in [0, 0.1) is 11.3 Å². The first-order valence-corrected chi connectivity index (χ1v) is 10.3. The summed E-state index contributed by atoms with van der Waals surface area (Å²) in [5.41, 5.74) is 3.91. The van der Waals surface area contributed by atoms with Crippen LogP contribution < -0.4 is 4.74 Å². The summed E-state index contributed by atoms with van der Waals surface area (Å²) < 4.78 is 6.03. The number of ether oxygens (including phenoxy) is 1. The predicted molar refractivity (Wildman–Crippen MR) is 113 cm³/mol. The second kappa shape index (κ2) is 9.38. The molecule has 0 unspecified atom stereocenters. The van der Waals surface area contributed by atoms with Crippen LogP contribution in [0.25, 0.3) is 0 Å². The van der Waals surface area contributed by atoms with E-state index in [0.717, 1.165) is 23.4 Å². The van der Waals surface area contributed by atoms with Crippen LogP contribution in [-0.2, 0) is 12.2 Å². The van der Waals surface area contributed by atoms with Crippen LogP contribution >= 0.6 is 11.8 Å². The first-order valence-electron chi connectivity index (χ1n) is 9.35. The lowest BCUT2D eigenvalue weighted by atomic mass is 10.0. The molecule has 4 nitrogen and oxygen atoms in total. The third-order valence-corrected chi connectivity index (χ3v) is 5.19. The molecule has 0 N–H and O–H groups in total. The fraction of sp³-hybridized carbons (Fsp3) is 0.261. The van der Waals surface area contributed by atoms with Crippen molar-refractivity contribution in [3.05, 3.63) is 77.0 Å². The lowest BCUT2D eigenvalue weighted by Crippen LogP contribution is -1.98. The number of hydrogen-bond donors (Lipinski definition) is 0. The third kappa shape index (κ3) is 5.34. The van der Waals surface area contributed by atoms with Crippen molar-refractivity contribution in [3.63, 3.8) is 0 Å². The molecule has 3 aromatic rings. The lowest BCUT2D eigenvalue weighted by Gasteiger charge is -2.11. The number of nitriles is 1. The summed E-state index contributed by atoms with van der Waals surface area (Å²) >= 11 is 1.54. The van der Waals surface area contributed by atoms with E-state index in [1.54, 1.807) is 17.8 Å². The fourth-order valence-corrected chi connectivity index (χ4v) is 3.50. The number of hydrogen-bond acceptors (Lipinski definition) is 5. The summed E-state index contributed by atoms with van der Waals surface area (Å²) in [6.45, 7) is 6.39. The van der Waals surface area contributed by atoms with Gasteiger partial charge in [-0.2, -0.15) is 10.2 Å². The molecule has 1 aromatic heterocycles. The topological polar surface area (TPSA) is 58.8 Å². The van der Waals surface area contributed by atoms with Gasteiger partial charge in [0.15, 0.2) is 5.16 Å². The summed E-state index contributed by atoms with van der Waals surface area (Å²) in [7, 11) is 0. The number of thioether (sulfide) groups is 1. The zero-order valence-electron chi connectivity index (χ0n) is 16.3. The van der Waals surface area contributed by atoms with Crippen LogP contribution in [0.15, 0.2) is 59.8 Å². The standard InChI is InChI=1S/C23H23N3OS/c1-4-20-13-22(27-21-10-6-9-19(12-21)16(2)3)26-23(25-20)28-15-18-8-5-7-17(11-18)14-24/h5-13,16H,4,15H2,1-3H3. The molecule has 0 atom stereocenters. The first-order chi connectivity index (χ1) is 13.6. The Morgan fingerprint density at radius 3 is 2.64 bits per heavy atom. The van der Waals surface area contributed by atoms with Gasteiger partial charge in [-0.1, -0.05) is 56.8 Å². The first kappa shape index (κ1) is 19.9. The van der Waals surface area contributed by atoms with Crippen LogP contribution in [0.4, 0.5) is 0 Å². The van der Waals surface area contributed by atoms with E-state index in [1.807, 2.05) is 36.4 Å². The van der Waals surface area contributed by atoms with Crippen LogP contribution in [0.5, 0.6) is 11.6 Å². The monoisotopic (exact) mass is 389 g/mol. The molecule has 0 amide bonds. The Kier molecular flexibility index (Phi) is 6.67. The Hall–Kier alpha value is -2.84. The van der Waals surface area contributed by atoms with Crippen molar-refractivity contribution < 1.29 is 4.74 Å². The Morgan fingerprint density at radius 1 is 1.07 bits per heavy atom. The van der Waals surface area contributed by atoms with Crippen molar-refractivity contribution in [1.82, 2.24) is 9.97 Å². The van der Waals surface area contributed by atoms with Gasteiger partial charge < -0.3 is 4.74 Å². The smallest absolute Gasteiger partial charge is 0.223 e. The maximum absolute atomic E-state index is 9.05. The minimum absolute atomic E-state index is 0.440. The van der Waals surface area contributed by atoms with Gasteiger partial charge in [-0.15, -0.1) is 0 Å². The molecular formula is C23H23N3OS. The Labute approximate surface area is 170 Å². The number of benzene rings is 2.